The van der Waals surface area contributed by atoms with Crippen molar-refractivity contribution in [1.29, 1.82) is 0 Å². The minimum absolute atomic E-state index is 0.143. The molecule has 0 aromatic heterocycles. The maximum Gasteiger partial charge on any atom is 0.248 e. The lowest BCUT2D eigenvalue weighted by atomic mass is 10.1. The van der Waals surface area contributed by atoms with Gasteiger partial charge >= 0.3 is 0 Å². The lowest BCUT2D eigenvalue weighted by Crippen LogP contribution is -2.39. The van der Waals surface area contributed by atoms with Crippen molar-refractivity contribution in [3.63, 3.8) is 0 Å². The van der Waals surface area contributed by atoms with Crippen molar-refractivity contribution in [1.82, 2.24) is 0 Å². The highest BCUT2D eigenvalue weighted by Gasteiger charge is 2.13. The molecule has 1 rings (SSSR count). The molecular formula is C12H17N3O3. The van der Waals surface area contributed by atoms with E-state index in [2.05, 4.69) is 5.32 Å². The fourth-order valence-corrected chi connectivity index (χ4v) is 1.51. The molecule has 0 spiro atoms. The van der Waals surface area contributed by atoms with Crippen LogP contribution in [0, 0.1) is 6.92 Å². The van der Waals surface area contributed by atoms with Crippen molar-refractivity contribution in [3.05, 3.63) is 29.3 Å². The Morgan fingerprint density at radius 3 is 2.61 bits per heavy atom. The van der Waals surface area contributed by atoms with Gasteiger partial charge in [-0.2, -0.15) is 0 Å². The topological polar surface area (TPSA) is 107 Å². The summed E-state index contributed by atoms with van der Waals surface area (Å²) < 4.78 is 4.79. The van der Waals surface area contributed by atoms with Gasteiger partial charge in [-0.1, -0.05) is 0 Å². The van der Waals surface area contributed by atoms with Gasteiger partial charge in [-0.15, -0.1) is 0 Å². The van der Waals surface area contributed by atoms with Gasteiger partial charge in [0.05, 0.1) is 6.61 Å². The third kappa shape index (κ3) is 3.54. The van der Waals surface area contributed by atoms with Crippen molar-refractivity contribution < 1.29 is 14.3 Å². The van der Waals surface area contributed by atoms with E-state index >= 15 is 0 Å². The highest BCUT2D eigenvalue weighted by molar-refractivity contribution is 5.97. The number of carbonyl (C=O) groups excluding carboxylic acids is 2. The molecule has 0 aliphatic carbocycles. The third-order valence-corrected chi connectivity index (χ3v) is 2.44. The zero-order valence-electron chi connectivity index (χ0n) is 10.4. The molecule has 1 aromatic rings. The lowest BCUT2D eigenvalue weighted by Gasteiger charge is -2.12. The van der Waals surface area contributed by atoms with Gasteiger partial charge < -0.3 is 21.5 Å². The number of anilines is 1. The van der Waals surface area contributed by atoms with E-state index < -0.39 is 11.9 Å². The molecule has 6 heteroatoms. The number of nitrogens with one attached hydrogen (secondary N) is 1. The van der Waals surface area contributed by atoms with Crippen LogP contribution in [0.4, 0.5) is 5.69 Å². The lowest BCUT2D eigenvalue weighted by molar-refractivity contribution is -0.118. The van der Waals surface area contributed by atoms with Crippen molar-refractivity contribution in [2.45, 2.75) is 13.0 Å². The summed E-state index contributed by atoms with van der Waals surface area (Å²) in [5.74, 6) is -0.843. The van der Waals surface area contributed by atoms with E-state index in [9.17, 15) is 9.59 Å². The Kier molecular flexibility index (Phi) is 4.82. The summed E-state index contributed by atoms with van der Waals surface area (Å²) in [5, 5.41) is 2.64. The third-order valence-electron chi connectivity index (χ3n) is 2.44. The first-order valence-electron chi connectivity index (χ1n) is 5.41. The van der Waals surface area contributed by atoms with E-state index in [0.29, 0.717) is 16.8 Å². The number of hydrogen-bond donors (Lipinski definition) is 3. The van der Waals surface area contributed by atoms with Gasteiger partial charge in [0.15, 0.2) is 0 Å². The molecule has 0 heterocycles. The zero-order valence-corrected chi connectivity index (χ0v) is 10.4. The number of rotatable bonds is 5. The molecule has 0 fully saturated rings. The number of methoxy groups -OCH3 is 1. The molecule has 2 amide bonds. The van der Waals surface area contributed by atoms with Crippen LogP contribution in [0.3, 0.4) is 0 Å². The standard InChI is InChI=1S/C12H17N3O3/c1-7-5-8(3-4-9(7)11(14)16)15-12(17)10(13)6-18-2/h3-5,10H,6,13H2,1-2H3,(H2,14,16)(H,15,17). The smallest absolute Gasteiger partial charge is 0.248 e. The molecule has 0 bridgehead atoms. The summed E-state index contributed by atoms with van der Waals surface area (Å²) in [4.78, 5) is 22.7. The largest absolute Gasteiger partial charge is 0.383 e. The second-order valence-corrected chi connectivity index (χ2v) is 3.95. The molecule has 1 aromatic carbocycles. The van der Waals surface area contributed by atoms with Crippen LogP contribution in [-0.4, -0.2) is 31.6 Å². The number of nitrogens with two attached hydrogens (primary N) is 2. The van der Waals surface area contributed by atoms with Crippen molar-refractivity contribution in [3.8, 4) is 0 Å². The van der Waals surface area contributed by atoms with Crippen molar-refractivity contribution in [2.24, 2.45) is 11.5 Å². The number of benzene rings is 1. The quantitative estimate of drug-likeness (QED) is 0.684. The molecule has 5 N–H and O–H groups in total. The Bertz CT molecular complexity index is 460. The molecule has 6 nitrogen and oxygen atoms in total. The van der Waals surface area contributed by atoms with E-state index in [-0.39, 0.29) is 12.5 Å². The van der Waals surface area contributed by atoms with Gasteiger partial charge in [-0.25, -0.2) is 0 Å². The molecule has 1 atom stereocenters. The fraction of sp³-hybridized carbons (Fsp3) is 0.333. The van der Waals surface area contributed by atoms with E-state index in [1.54, 1.807) is 25.1 Å². The van der Waals surface area contributed by atoms with Crippen LogP contribution >= 0.6 is 0 Å². The average molecular weight is 251 g/mol. The first-order valence-corrected chi connectivity index (χ1v) is 5.41. The summed E-state index contributed by atoms with van der Waals surface area (Å²) >= 11 is 0. The van der Waals surface area contributed by atoms with Gasteiger partial charge in [0, 0.05) is 18.4 Å². The normalized spacial score (nSPS) is 11.9. The second-order valence-electron chi connectivity index (χ2n) is 3.95. The predicted octanol–water partition coefficient (Wildman–Crippen LogP) is 0.00612. The summed E-state index contributed by atoms with van der Waals surface area (Å²) in [7, 11) is 1.47. The summed E-state index contributed by atoms with van der Waals surface area (Å²) in [5.41, 5.74) is 12.5. The van der Waals surface area contributed by atoms with Crippen LogP contribution in [0.15, 0.2) is 18.2 Å². The van der Waals surface area contributed by atoms with Crippen LogP contribution in [0.1, 0.15) is 15.9 Å². The fourth-order valence-electron chi connectivity index (χ4n) is 1.51. The summed E-state index contributed by atoms with van der Waals surface area (Å²) in [6.07, 6.45) is 0. The SMILES string of the molecule is COCC(N)C(=O)Nc1ccc(C(N)=O)c(C)c1. The minimum atomic E-state index is -0.730. The number of amides is 2. The number of primary amides is 1. The molecule has 0 aliphatic rings. The monoisotopic (exact) mass is 251 g/mol. The molecule has 0 saturated heterocycles. The highest BCUT2D eigenvalue weighted by Crippen LogP contribution is 2.14. The Morgan fingerprint density at radius 2 is 2.11 bits per heavy atom. The Hall–Kier alpha value is -1.92. The minimum Gasteiger partial charge on any atom is -0.383 e. The molecule has 98 valence electrons. The van der Waals surface area contributed by atoms with Crippen LogP contribution in [0.5, 0.6) is 0 Å². The second kappa shape index (κ2) is 6.13. The van der Waals surface area contributed by atoms with Crippen LogP contribution in [-0.2, 0) is 9.53 Å². The van der Waals surface area contributed by atoms with Gasteiger partial charge in [-0.05, 0) is 30.7 Å². The number of hydrogen-bond acceptors (Lipinski definition) is 4. The zero-order chi connectivity index (χ0) is 13.7. The number of carbonyl (C=O) groups is 2. The maximum atomic E-state index is 11.6. The van der Waals surface area contributed by atoms with E-state index in [1.165, 1.54) is 7.11 Å². The van der Waals surface area contributed by atoms with Crippen LogP contribution < -0.4 is 16.8 Å². The van der Waals surface area contributed by atoms with Gasteiger partial charge in [-0.3, -0.25) is 9.59 Å². The molecule has 0 radical (unpaired) electrons. The molecule has 1 unspecified atom stereocenters. The molecule has 18 heavy (non-hydrogen) atoms. The number of ether oxygens (including phenoxy) is 1. The summed E-state index contributed by atoms with van der Waals surface area (Å²) in [6.45, 7) is 1.88. The number of aryl methyl sites for hydroxylation is 1. The predicted molar refractivity (Wildman–Crippen MR) is 68.2 cm³/mol. The van der Waals surface area contributed by atoms with E-state index in [0.717, 1.165) is 0 Å². The molecular weight excluding hydrogens is 234 g/mol. The first kappa shape index (κ1) is 14.1. The van der Waals surface area contributed by atoms with Crippen molar-refractivity contribution in [2.75, 3.05) is 19.0 Å². The molecule has 0 aliphatic heterocycles. The van der Waals surface area contributed by atoms with Crippen LogP contribution in [0.2, 0.25) is 0 Å². The van der Waals surface area contributed by atoms with E-state index in [1.807, 2.05) is 0 Å². The van der Waals surface area contributed by atoms with Gasteiger partial charge in [0.25, 0.3) is 0 Å². The Labute approximate surface area is 105 Å². The molecule has 0 saturated carbocycles. The Morgan fingerprint density at radius 1 is 1.44 bits per heavy atom. The van der Waals surface area contributed by atoms with Gasteiger partial charge in [0.1, 0.15) is 6.04 Å². The highest BCUT2D eigenvalue weighted by atomic mass is 16.5. The van der Waals surface area contributed by atoms with Crippen molar-refractivity contribution >= 4 is 17.5 Å². The summed E-state index contributed by atoms with van der Waals surface area (Å²) in [6, 6.07) is 4.10. The average Bonchev–Trinajstić information content (AvgIpc) is 2.28. The first-order chi connectivity index (χ1) is 8.45. The Balaban J connectivity index is 2.77. The van der Waals surface area contributed by atoms with Gasteiger partial charge in [0.2, 0.25) is 11.8 Å². The van der Waals surface area contributed by atoms with Crippen LogP contribution in [0.25, 0.3) is 0 Å². The maximum absolute atomic E-state index is 11.6. The van der Waals surface area contributed by atoms with E-state index in [4.69, 9.17) is 16.2 Å².